The molecule has 6 nitrogen and oxygen atoms in total. The zero-order chi connectivity index (χ0) is 11.7. The van der Waals surface area contributed by atoms with E-state index in [1.54, 1.807) is 0 Å². The van der Waals surface area contributed by atoms with Crippen molar-refractivity contribution >= 4 is 5.91 Å². The van der Waals surface area contributed by atoms with Gasteiger partial charge in [-0.2, -0.15) is 0 Å². The molecule has 16 heavy (non-hydrogen) atoms. The fourth-order valence-corrected chi connectivity index (χ4v) is 1.82. The molecule has 0 aromatic rings. The molecule has 4 N–H and O–H groups in total. The van der Waals surface area contributed by atoms with Crippen LogP contribution in [-0.4, -0.2) is 58.8 Å². The molecule has 2 rings (SSSR count). The number of aliphatic hydroxyl groups excluding tert-OH is 3. The van der Waals surface area contributed by atoms with Crippen LogP contribution in [0.1, 0.15) is 12.8 Å². The molecule has 2 aliphatic rings. The summed E-state index contributed by atoms with van der Waals surface area (Å²) in [6.07, 6.45) is -1.25. The van der Waals surface area contributed by atoms with Gasteiger partial charge in [0.25, 0.3) is 0 Å². The maximum absolute atomic E-state index is 11.5. The lowest BCUT2D eigenvalue weighted by Gasteiger charge is -2.37. The Morgan fingerprint density at radius 2 is 2.00 bits per heavy atom. The van der Waals surface area contributed by atoms with E-state index in [9.17, 15) is 15.0 Å². The molecule has 2 fully saturated rings. The minimum absolute atomic E-state index is 0.0555. The Hall–Kier alpha value is -0.690. The average Bonchev–Trinajstić information content (AvgIpc) is 3.09. The Bertz CT molecular complexity index is 268. The number of ether oxygens (including phenoxy) is 1. The minimum atomic E-state index is -1.16. The molecular formula is C10H17NO5. The summed E-state index contributed by atoms with van der Waals surface area (Å²) < 4.78 is 5.15. The highest BCUT2D eigenvalue weighted by atomic mass is 16.5. The number of carbonyl (C=O) groups is 1. The first-order chi connectivity index (χ1) is 7.63. The third kappa shape index (κ3) is 2.35. The van der Waals surface area contributed by atoms with Gasteiger partial charge in [-0.25, -0.2) is 0 Å². The molecule has 1 heterocycles. The quantitative estimate of drug-likeness (QED) is 0.450. The lowest BCUT2D eigenvalue weighted by atomic mass is 9.98. The molecule has 1 saturated carbocycles. The van der Waals surface area contributed by atoms with Gasteiger partial charge in [-0.1, -0.05) is 0 Å². The Kier molecular flexibility index (Phi) is 3.44. The second kappa shape index (κ2) is 4.67. The summed E-state index contributed by atoms with van der Waals surface area (Å²) in [5.41, 5.74) is 0. The highest BCUT2D eigenvalue weighted by Crippen LogP contribution is 2.29. The molecule has 4 atom stereocenters. The van der Waals surface area contributed by atoms with Crippen molar-refractivity contribution in [2.75, 3.05) is 13.2 Å². The maximum atomic E-state index is 11.5. The van der Waals surface area contributed by atoms with E-state index in [2.05, 4.69) is 5.32 Å². The Morgan fingerprint density at radius 1 is 1.31 bits per heavy atom. The van der Waals surface area contributed by atoms with Crippen LogP contribution in [-0.2, 0) is 9.53 Å². The van der Waals surface area contributed by atoms with Crippen molar-refractivity contribution in [2.45, 2.75) is 37.2 Å². The number of rotatable bonds is 3. The SMILES string of the molecule is O=C(N[C@H]1CO[C@H](CO)[C@H](O)[C@@H]1O)C1CC1. The standard InChI is InChI=1S/C10H17NO5/c12-3-7-9(14)8(13)6(4-16-7)11-10(15)5-1-2-5/h5-9,12-14H,1-4H2,(H,11,15)/t6-,7+,8+,9-/m0/s1. The van der Waals surface area contributed by atoms with E-state index >= 15 is 0 Å². The van der Waals surface area contributed by atoms with Gasteiger partial charge in [-0.15, -0.1) is 0 Å². The van der Waals surface area contributed by atoms with Crippen LogP contribution in [0.25, 0.3) is 0 Å². The van der Waals surface area contributed by atoms with Gasteiger partial charge in [0, 0.05) is 5.92 Å². The van der Waals surface area contributed by atoms with Crippen LogP contribution in [0, 0.1) is 5.92 Å². The Morgan fingerprint density at radius 3 is 2.56 bits per heavy atom. The molecule has 0 radical (unpaired) electrons. The van der Waals surface area contributed by atoms with Crippen molar-refractivity contribution in [3.05, 3.63) is 0 Å². The predicted molar refractivity (Wildman–Crippen MR) is 53.5 cm³/mol. The second-order valence-electron chi connectivity index (χ2n) is 4.42. The Balaban J connectivity index is 1.88. The van der Waals surface area contributed by atoms with Gasteiger partial charge in [0.15, 0.2) is 0 Å². The van der Waals surface area contributed by atoms with Gasteiger partial charge >= 0.3 is 0 Å². The summed E-state index contributed by atoms with van der Waals surface area (Å²) in [6.45, 7) is -0.233. The summed E-state index contributed by atoms with van der Waals surface area (Å²) in [5.74, 6) is -0.0396. The molecule has 0 aromatic carbocycles. The highest BCUT2D eigenvalue weighted by molar-refractivity contribution is 5.81. The first-order valence-electron chi connectivity index (χ1n) is 5.52. The molecule has 0 aromatic heterocycles. The lowest BCUT2D eigenvalue weighted by molar-refractivity contribution is -0.164. The fraction of sp³-hybridized carbons (Fsp3) is 0.900. The van der Waals surface area contributed by atoms with Crippen LogP contribution in [0.4, 0.5) is 0 Å². The number of aliphatic hydroxyl groups is 3. The molecule has 1 amide bonds. The Labute approximate surface area is 93.2 Å². The van der Waals surface area contributed by atoms with Crippen molar-refractivity contribution < 1.29 is 24.9 Å². The summed E-state index contributed by atoms with van der Waals surface area (Å²) in [7, 11) is 0. The summed E-state index contributed by atoms with van der Waals surface area (Å²) in [5, 5.41) is 30.8. The van der Waals surface area contributed by atoms with E-state index in [4.69, 9.17) is 9.84 Å². The van der Waals surface area contributed by atoms with Crippen LogP contribution in [0.15, 0.2) is 0 Å². The second-order valence-corrected chi connectivity index (χ2v) is 4.42. The van der Waals surface area contributed by atoms with Crippen molar-refractivity contribution in [2.24, 2.45) is 5.92 Å². The van der Waals surface area contributed by atoms with E-state index in [1.807, 2.05) is 0 Å². The summed E-state index contributed by atoms with van der Waals surface area (Å²) >= 11 is 0. The zero-order valence-corrected chi connectivity index (χ0v) is 8.87. The van der Waals surface area contributed by atoms with E-state index in [0.29, 0.717) is 0 Å². The van der Waals surface area contributed by atoms with Crippen LogP contribution >= 0.6 is 0 Å². The van der Waals surface area contributed by atoms with E-state index < -0.39 is 24.4 Å². The van der Waals surface area contributed by atoms with Crippen LogP contribution < -0.4 is 5.32 Å². The molecule has 0 spiro atoms. The van der Waals surface area contributed by atoms with Gasteiger partial charge in [0.2, 0.25) is 5.91 Å². The van der Waals surface area contributed by atoms with Gasteiger partial charge < -0.3 is 25.4 Å². The van der Waals surface area contributed by atoms with E-state index in [-0.39, 0.29) is 25.0 Å². The van der Waals surface area contributed by atoms with Gasteiger partial charge in [-0.05, 0) is 12.8 Å². The molecule has 1 aliphatic heterocycles. The molecule has 6 heteroatoms. The average molecular weight is 231 g/mol. The monoisotopic (exact) mass is 231 g/mol. The highest BCUT2D eigenvalue weighted by Gasteiger charge is 2.40. The van der Waals surface area contributed by atoms with Gasteiger partial charge in [0.1, 0.15) is 18.3 Å². The molecule has 0 unspecified atom stereocenters. The van der Waals surface area contributed by atoms with Crippen LogP contribution in [0.2, 0.25) is 0 Å². The molecule has 1 aliphatic carbocycles. The maximum Gasteiger partial charge on any atom is 0.223 e. The number of nitrogens with one attached hydrogen (secondary N) is 1. The van der Waals surface area contributed by atoms with Gasteiger partial charge in [0.05, 0.1) is 19.3 Å². The molecular weight excluding hydrogens is 214 g/mol. The topological polar surface area (TPSA) is 99.0 Å². The number of hydrogen-bond acceptors (Lipinski definition) is 5. The molecule has 0 bridgehead atoms. The van der Waals surface area contributed by atoms with Crippen LogP contribution in [0.3, 0.4) is 0 Å². The van der Waals surface area contributed by atoms with E-state index in [1.165, 1.54) is 0 Å². The predicted octanol–water partition coefficient (Wildman–Crippen LogP) is -2.01. The van der Waals surface area contributed by atoms with Crippen molar-refractivity contribution in [1.29, 1.82) is 0 Å². The first-order valence-corrected chi connectivity index (χ1v) is 5.52. The first kappa shape index (κ1) is 11.8. The molecule has 1 saturated heterocycles. The minimum Gasteiger partial charge on any atom is -0.394 e. The summed E-state index contributed by atoms with van der Waals surface area (Å²) in [4.78, 5) is 11.5. The normalized spacial score (nSPS) is 39.4. The van der Waals surface area contributed by atoms with Crippen LogP contribution in [0.5, 0.6) is 0 Å². The smallest absolute Gasteiger partial charge is 0.223 e. The largest absolute Gasteiger partial charge is 0.394 e. The lowest BCUT2D eigenvalue weighted by Crippen LogP contribution is -2.60. The van der Waals surface area contributed by atoms with Gasteiger partial charge in [-0.3, -0.25) is 4.79 Å². The van der Waals surface area contributed by atoms with Crippen molar-refractivity contribution in [3.8, 4) is 0 Å². The third-order valence-corrected chi connectivity index (χ3v) is 3.09. The van der Waals surface area contributed by atoms with E-state index in [0.717, 1.165) is 12.8 Å². The molecule has 92 valence electrons. The number of carbonyl (C=O) groups excluding carboxylic acids is 1. The van der Waals surface area contributed by atoms with Crippen molar-refractivity contribution in [1.82, 2.24) is 5.32 Å². The number of amides is 1. The zero-order valence-electron chi connectivity index (χ0n) is 8.87. The fourth-order valence-electron chi connectivity index (χ4n) is 1.82. The third-order valence-electron chi connectivity index (χ3n) is 3.09. The number of hydrogen-bond donors (Lipinski definition) is 4. The van der Waals surface area contributed by atoms with Crippen molar-refractivity contribution in [3.63, 3.8) is 0 Å². The summed E-state index contributed by atoms with van der Waals surface area (Å²) in [6, 6.07) is -0.592.